The maximum Gasteiger partial charge on any atom is 0.325 e. The lowest BCUT2D eigenvalue weighted by atomic mass is 10.2. The van der Waals surface area contributed by atoms with Gasteiger partial charge in [-0.3, -0.25) is 9.59 Å². The van der Waals surface area contributed by atoms with Gasteiger partial charge in [-0.25, -0.2) is 9.98 Å². The topological polar surface area (TPSA) is 95.7 Å². The van der Waals surface area contributed by atoms with E-state index in [0.29, 0.717) is 11.6 Å². The molecule has 0 aliphatic rings. The van der Waals surface area contributed by atoms with Crippen molar-refractivity contribution in [1.82, 2.24) is 14.8 Å². The second kappa shape index (κ2) is 8.56. The molecule has 0 saturated carbocycles. The highest BCUT2D eigenvalue weighted by atomic mass is 16.6. The van der Waals surface area contributed by atoms with Gasteiger partial charge in [-0.05, 0) is 26.0 Å². The van der Waals surface area contributed by atoms with Gasteiger partial charge in [-0.1, -0.05) is 6.07 Å². The molecule has 0 saturated heterocycles. The summed E-state index contributed by atoms with van der Waals surface area (Å²) >= 11 is 0. The number of nitrogens with zero attached hydrogens (tertiary/aromatic N) is 4. The van der Waals surface area contributed by atoms with Crippen molar-refractivity contribution >= 4 is 24.0 Å². The third-order valence-corrected chi connectivity index (χ3v) is 2.93. The molecule has 0 spiro atoms. The van der Waals surface area contributed by atoms with Crippen LogP contribution in [0, 0.1) is 5.92 Å². The predicted molar refractivity (Wildman–Crippen MR) is 86.3 cm³/mol. The zero-order chi connectivity index (χ0) is 17.4. The minimum absolute atomic E-state index is 0.161. The lowest BCUT2D eigenvalue weighted by Gasteiger charge is -2.10. The van der Waals surface area contributed by atoms with Crippen LogP contribution in [0.4, 0.5) is 5.82 Å². The number of carbonyl (C=O) groups excluding carboxylic acids is 2. The van der Waals surface area contributed by atoms with E-state index < -0.39 is 17.9 Å². The van der Waals surface area contributed by atoms with E-state index >= 15 is 0 Å². The zero-order valence-corrected chi connectivity index (χ0v) is 13.5. The Balaban J connectivity index is 2.25. The monoisotopic (exact) mass is 330 g/mol. The number of hydrogen-bond acceptors (Lipinski definition) is 7. The van der Waals surface area contributed by atoms with Crippen LogP contribution in [0.25, 0.3) is 5.82 Å². The smallest absolute Gasteiger partial charge is 0.325 e. The predicted octanol–water partition coefficient (Wildman–Crippen LogP) is 1.71. The van der Waals surface area contributed by atoms with Crippen LogP contribution in [0.5, 0.6) is 0 Å². The molecular weight excluding hydrogens is 312 g/mol. The highest BCUT2D eigenvalue weighted by Gasteiger charge is 2.27. The van der Waals surface area contributed by atoms with Crippen molar-refractivity contribution in [3.05, 3.63) is 36.7 Å². The molecule has 8 nitrogen and oxygen atoms in total. The van der Waals surface area contributed by atoms with Crippen molar-refractivity contribution in [2.45, 2.75) is 13.8 Å². The first-order valence-corrected chi connectivity index (χ1v) is 7.50. The molecule has 0 aliphatic carbocycles. The van der Waals surface area contributed by atoms with Gasteiger partial charge in [0.15, 0.2) is 17.6 Å². The Morgan fingerprint density at radius 3 is 2.46 bits per heavy atom. The number of ether oxygens (including phenoxy) is 2. The fourth-order valence-corrected chi connectivity index (χ4v) is 1.88. The SMILES string of the molecule is CCOC(=O)C(C=Nc1ccnn1-c1ccccn1)C(=O)OCC. The Morgan fingerprint density at radius 1 is 1.17 bits per heavy atom. The van der Waals surface area contributed by atoms with Crippen molar-refractivity contribution in [2.24, 2.45) is 10.9 Å². The van der Waals surface area contributed by atoms with Crippen LogP contribution in [-0.4, -0.2) is 46.1 Å². The van der Waals surface area contributed by atoms with E-state index in [9.17, 15) is 9.59 Å². The lowest BCUT2D eigenvalue weighted by molar-refractivity contribution is -0.157. The van der Waals surface area contributed by atoms with Crippen molar-refractivity contribution in [1.29, 1.82) is 0 Å². The molecule has 2 aromatic heterocycles. The van der Waals surface area contributed by atoms with Gasteiger partial charge < -0.3 is 9.47 Å². The van der Waals surface area contributed by atoms with Gasteiger partial charge in [0, 0.05) is 18.5 Å². The molecule has 0 aliphatic heterocycles. The first kappa shape index (κ1) is 17.3. The van der Waals surface area contributed by atoms with Crippen molar-refractivity contribution in [3.63, 3.8) is 0 Å². The van der Waals surface area contributed by atoms with Crippen LogP contribution < -0.4 is 0 Å². The minimum Gasteiger partial charge on any atom is -0.465 e. The molecule has 2 aromatic rings. The summed E-state index contributed by atoms with van der Waals surface area (Å²) in [4.78, 5) is 32.2. The fourth-order valence-electron chi connectivity index (χ4n) is 1.88. The maximum atomic E-state index is 11.9. The fraction of sp³-hybridized carbons (Fsp3) is 0.312. The van der Waals surface area contributed by atoms with Crippen molar-refractivity contribution in [3.8, 4) is 5.82 Å². The van der Waals surface area contributed by atoms with E-state index in [0.717, 1.165) is 0 Å². The van der Waals surface area contributed by atoms with Crippen molar-refractivity contribution in [2.75, 3.05) is 13.2 Å². The summed E-state index contributed by atoms with van der Waals surface area (Å²) < 4.78 is 11.3. The number of aliphatic imine (C=N–C) groups is 1. The van der Waals surface area contributed by atoms with E-state index in [-0.39, 0.29) is 13.2 Å². The standard InChI is InChI=1S/C16H18N4O4/c1-3-23-15(21)12(16(22)24-4-2)11-18-14-8-10-19-20(14)13-7-5-6-9-17-13/h5-12H,3-4H2,1-2H3. The van der Waals surface area contributed by atoms with Crippen LogP contribution in [0.15, 0.2) is 41.7 Å². The molecule has 0 atom stereocenters. The largest absolute Gasteiger partial charge is 0.465 e. The molecule has 0 N–H and O–H groups in total. The average molecular weight is 330 g/mol. The van der Waals surface area contributed by atoms with Gasteiger partial charge in [0.1, 0.15) is 0 Å². The summed E-state index contributed by atoms with van der Waals surface area (Å²) in [5, 5.41) is 4.13. The van der Waals surface area contributed by atoms with Gasteiger partial charge >= 0.3 is 11.9 Å². The summed E-state index contributed by atoms with van der Waals surface area (Å²) in [6, 6.07) is 7.00. The summed E-state index contributed by atoms with van der Waals surface area (Å²) in [6.45, 7) is 3.64. The molecule has 2 heterocycles. The Labute approximate surface area is 139 Å². The molecule has 126 valence electrons. The Bertz CT molecular complexity index is 694. The first-order chi connectivity index (χ1) is 11.7. The second-order valence-electron chi connectivity index (χ2n) is 4.55. The molecular formula is C16H18N4O4. The molecule has 0 radical (unpaired) electrons. The molecule has 8 heteroatoms. The highest BCUT2D eigenvalue weighted by Crippen LogP contribution is 2.16. The number of hydrogen-bond donors (Lipinski definition) is 0. The van der Waals surface area contributed by atoms with E-state index in [1.54, 1.807) is 44.4 Å². The summed E-state index contributed by atoms with van der Waals surface area (Å²) in [5.41, 5.74) is 0. The zero-order valence-electron chi connectivity index (χ0n) is 13.5. The summed E-state index contributed by atoms with van der Waals surface area (Å²) in [5.74, 6) is -1.64. The van der Waals surface area contributed by atoms with Gasteiger partial charge in [0.25, 0.3) is 0 Å². The summed E-state index contributed by atoms with van der Waals surface area (Å²) in [7, 11) is 0. The third kappa shape index (κ3) is 4.25. The van der Waals surface area contributed by atoms with Gasteiger partial charge in [0.05, 0.1) is 19.4 Å². The molecule has 0 amide bonds. The highest BCUT2D eigenvalue weighted by molar-refractivity contribution is 6.09. The maximum absolute atomic E-state index is 11.9. The van der Waals surface area contributed by atoms with E-state index in [1.165, 1.54) is 10.9 Å². The van der Waals surface area contributed by atoms with Gasteiger partial charge in [-0.2, -0.15) is 9.78 Å². The number of aromatic nitrogens is 3. The Morgan fingerprint density at radius 2 is 1.88 bits per heavy atom. The Kier molecular flexibility index (Phi) is 6.18. The van der Waals surface area contributed by atoms with Crippen LogP contribution >= 0.6 is 0 Å². The molecule has 0 bridgehead atoms. The number of carbonyl (C=O) groups is 2. The Hall–Kier alpha value is -3.03. The van der Waals surface area contributed by atoms with Crippen LogP contribution in [0.2, 0.25) is 0 Å². The second-order valence-corrected chi connectivity index (χ2v) is 4.55. The van der Waals surface area contributed by atoms with Crippen molar-refractivity contribution < 1.29 is 19.1 Å². The van der Waals surface area contributed by atoms with Crippen LogP contribution in [-0.2, 0) is 19.1 Å². The molecule has 0 unspecified atom stereocenters. The number of pyridine rings is 1. The average Bonchev–Trinajstić information content (AvgIpc) is 3.05. The minimum atomic E-state index is -1.23. The molecule has 24 heavy (non-hydrogen) atoms. The third-order valence-electron chi connectivity index (χ3n) is 2.93. The van der Waals surface area contributed by atoms with Gasteiger partial charge in [-0.15, -0.1) is 0 Å². The molecule has 2 rings (SSSR count). The summed E-state index contributed by atoms with van der Waals surface area (Å²) in [6.07, 6.45) is 4.38. The number of rotatable bonds is 7. The van der Waals surface area contributed by atoms with E-state index in [2.05, 4.69) is 15.1 Å². The van der Waals surface area contributed by atoms with Gasteiger partial charge in [0.2, 0.25) is 0 Å². The van der Waals surface area contributed by atoms with Crippen LogP contribution in [0.3, 0.4) is 0 Å². The molecule has 0 aromatic carbocycles. The quantitative estimate of drug-likeness (QED) is 0.436. The normalized spacial score (nSPS) is 11.0. The van der Waals surface area contributed by atoms with E-state index in [1.807, 2.05) is 6.07 Å². The van der Waals surface area contributed by atoms with Crippen LogP contribution in [0.1, 0.15) is 13.8 Å². The molecule has 0 fully saturated rings. The number of esters is 2. The lowest BCUT2D eigenvalue weighted by Crippen LogP contribution is -2.29. The first-order valence-electron chi connectivity index (χ1n) is 7.50. The van der Waals surface area contributed by atoms with E-state index in [4.69, 9.17) is 9.47 Å².